The Morgan fingerprint density at radius 2 is 1.05 bits per heavy atom. The second-order valence-corrected chi connectivity index (χ2v) is 6.02. The Balaban J connectivity index is 1.72. The standard InChI is InChI=1S/C20H19NS/c1-4-10-18(11-5-1)16-22-17-21(19-12-6-2-7-13-19)20-14-8-3-9-15-20/h1-15H,16-17H2. The highest BCUT2D eigenvalue weighted by Crippen LogP contribution is 2.27. The van der Waals surface area contributed by atoms with Crippen LogP contribution in [0.5, 0.6) is 0 Å². The van der Waals surface area contributed by atoms with Gasteiger partial charge in [0.25, 0.3) is 0 Å². The molecule has 0 aliphatic carbocycles. The molecular weight excluding hydrogens is 286 g/mol. The Labute approximate surface area is 136 Å². The highest BCUT2D eigenvalue weighted by Gasteiger charge is 2.08. The first kappa shape index (κ1) is 14.7. The third-order valence-electron chi connectivity index (χ3n) is 3.47. The van der Waals surface area contributed by atoms with Crippen LogP contribution in [-0.2, 0) is 5.75 Å². The molecule has 3 aromatic rings. The van der Waals surface area contributed by atoms with E-state index in [0.717, 1.165) is 11.6 Å². The summed E-state index contributed by atoms with van der Waals surface area (Å²) in [5.74, 6) is 1.96. The van der Waals surface area contributed by atoms with Crippen molar-refractivity contribution in [2.45, 2.75) is 5.75 Å². The smallest absolute Gasteiger partial charge is 0.0691 e. The lowest BCUT2D eigenvalue weighted by Crippen LogP contribution is -2.16. The second-order valence-electron chi connectivity index (χ2n) is 5.06. The minimum Gasteiger partial charge on any atom is -0.332 e. The molecule has 0 amide bonds. The zero-order chi connectivity index (χ0) is 15.0. The number of para-hydroxylation sites is 2. The Hall–Kier alpha value is -2.19. The fourth-order valence-corrected chi connectivity index (χ4v) is 3.34. The fourth-order valence-electron chi connectivity index (χ4n) is 2.34. The molecule has 0 heterocycles. The van der Waals surface area contributed by atoms with Gasteiger partial charge in [0.2, 0.25) is 0 Å². The molecule has 0 atom stereocenters. The van der Waals surface area contributed by atoms with E-state index in [4.69, 9.17) is 0 Å². The van der Waals surface area contributed by atoms with E-state index in [2.05, 4.69) is 95.9 Å². The predicted octanol–water partition coefficient (Wildman–Crippen LogP) is 5.72. The van der Waals surface area contributed by atoms with Crippen LogP contribution in [0, 0.1) is 0 Å². The Morgan fingerprint density at radius 3 is 1.55 bits per heavy atom. The van der Waals surface area contributed by atoms with Crippen LogP contribution in [0.1, 0.15) is 5.56 Å². The minimum atomic E-state index is 0.933. The van der Waals surface area contributed by atoms with E-state index >= 15 is 0 Å². The number of nitrogens with zero attached hydrogens (tertiary/aromatic N) is 1. The van der Waals surface area contributed by atoms with Crippen LogP contribution in [0.25, 0.3) is 0 Å². The summed E-state index contributed by atoms with van der Waals surface area (Å²) in [6.45, 7) is 0. The van der Waals surface area contributed by atoms with Gasteiger partial charge in [-0.3, -0.25) is 0 Å². The van der Waals surface area contributed by atoms with Crippen molar-refractivity contribution in [3.05, 3.63) is 96.6 Å². The van der Waals surface area contributed by atoms with Crippen molar-refractivity contribution >= 4 is 23.1 Å². The lowest BCUT2D eigenvalue weighted by atomic mass is 10.2. The monoisotopic (exact) mass is 305 g/mol. The van der Waals surface area contributed by atoms with Crippen LogP contribution >= 0.6 is 11.8 Å². The summed E-state index contributed by atoms with van der Waals surface area (Å²) in [6, 6.07) is 31.8. The highest BCUT2D eigenvalue weighted by molar-refractivity contribution is 7.98. The summed E-state index contributed by atoms with van der Waals surface area (Å²) in [5, 5.41) is 0. The van der Waals surface area contributed by atoms with Crippen LogP contribution in [0.4, 0.5) is 11.4 Å². The van der Waals surface area contributed by atoms with Crippen molar-refractivity contribution < 1.29 is 0 Å². The SMILES string of the molecule is c1ccc(CSCN(c2ccccc2)c2ccccc2)cc1. The van der Waals surface area contributed by atoms with Gasteiger partial charge in [-0.2, -0.15) is 0 Å². The van der Waals surface area contributed by atoms with E-state index in [0.29, 0.717) is 0 Å². The number of rotatable bonds is 6. The van der Waals surface area contributed by atoms with E-state index < -0.39 is 0 Å². The largest absolute Gasteiger partial charge is 0.332 e. The molecule has 0 aliphatic rings. The zero-order valence-corrected chi connectivity index (χ0v) is 13.2. The molecule has 0 fully saturated rings. The number of benzene rings is 3. The maximum absolute atomic E-state index is 2.35. The molecule has 0 bridgehead atoms. The van der Waals surface area contributed by atoms with E-state index in [-0.39, 0.29) is 0 Å². The van der Waals surface area contributed by atoms with Crippen LogP contribution in [0.3, 0.4) is 0 Å². The average Bonchev–Trinajstić information content (AvgIpc) is 2.61. The summed E-state index contributed by atoms with van der Waals surface area (Å²) >= 11 is 1.93. The third-order valence-corrected chi connectivity index (χ3v) is 4.45. The van der Waals surface area contributed by atoms with Crippen LogP contribution in [0.15, 0.2) is 91.0 Å². The van der Waals surface area contributed by atoms with E-state index in [1.165, 1.54) is 16.9 Å². The molecule has 0 spiro atoms. The molecule has 0 radical (unpaired) electrons. The van der Waals surface area contributed by atoms with Crippen molar-refractivity contribution in [3.63, 3.8) is 0 Å². The molecule has 2 heteroatoms. The molecule has 0 aliphatic heterocycles. The van der Waals surface area contributed by atoms with Crippen molar-refractivity contribution in [2.75, 3.05) is 10.8 Å². The van der Waals surface area contributed by atoms with Gasteiger partial charge in [0, 0.05) is 17.1 Å². The van der Waals surface area contributed by atoms with Gasteiger partial charge in [-0.05, 0) is 29.8 Å². The molecule has 0 saturated carbocycles. The maximum atomic E-state index is 2.35. The van der Waals surface area contributed by atoms with Gasteiger partial charge in [-0.1, -0.05) is 66.7 Å². The molecule has 22 heavy (non-hydrogen) atoms. The zero-order valence-electron chi connectivity index (χ0n) is 12.4. The number of anilines is 2. The van der Waals surface area contributed by atoms with Crippen molar-refractivity contribution in [3.8, 4) is 0 Å². The van der Waals surface area contributed by atoms with E-state index in [9.17, 15) is 0 Å². The Kier molecular flexibility index (Phi) is 5.17. The van der Waals surface area contributed by atoms with E-state index in [1.54, 1.807) is 0 Å². The summed E-state index contributed by atoms with van der Waals surface area (Å²) in [5.41, 5.74) is 3.83. The topological polar surface area (TPSA) is 3.24 Å². The number of hydrogen-bond donors (Lipinski definition) is 0. The molecule has 0 aromatic heterocycles. The molecule has 110 valence electrons. The van der Waals surface area contributed by atoms with Crippen LogP contribution in [0.2, 0.25) is 0 Å². The lowest BCUT2D eigenvalue weighted by molar-refractivity contribution is 1.17. The summed E-state index contributed by atoms with van der Waals surface area (Å²) in [6.07, 6.45) is 0. The molecule has 1 nitrogen and oxygen atoms in total. The van der Waals surface area contributed by atoms with Gasteiger partial charge in [-0.25, -0.2) is 0 Å². The average molecular weight is 305 g/mol. The number of hydrogen-bond acceptors (Lipinski definition) is 2. The van der Waals surface area contributed by atoms with Crippen LogP contribution < -0.4 is 4.90 Å². The van der Waals surface area contributed by atoms with Crippen molar-refractivity contribution in [1.29, 1.82) is 0 Å². The molecule has 0 N–H and O–H groups in total. The van der Waals surface area contributed by atoms with Gasteiger partial charge in [0.1, 0.15) is 0 Å². The summed E-state index contributed by atoms with van der Waals surface area (Å²) in [7, 11) is 0. The summed E-state index contributed by atoms with van der Waals surface area (Å²) in [4.78, 5) is 2.35. The van der Waals surface area contributed by atoms with Gasteiger partial charge in [0.15, 0.2) is 0 Å². The predicted molar refractivity (Wildman–Crippen MR) is 97.6 cm³/mol. The normalized spacial score (nSPS) is 10.4. The molecule has 3 aromatic carbocycles. The molecule has 0 unspecified atom stereocenters. The molecule has 0 saturated heterocycles. The van der Waals surface area contributed by atoms with Crippen molar-refractivity contribution in [1.82, 2.24) is 0 Å². The van der Waals surface area contributed by atoms with Gasteiger partial charge in [0.05, 0.1) is 5.88 Å². The summed E-state index contributed by atoms with van der Waals surface area (Å²) < 4.78 is 0. The van der Waals surface area contributed by atoms with Gasteiger partial charge in [-0.15, -0.1) is 11.8 Å². The Morgan fingerprint density at radius 1 is 0.591 bits per heavy atom. The van der Waals surface area contributed by atoms with Crippen molar-refractivity contribution in [2.24, 2.45) is 0 Å². The molecule has 3 rings (SSSR count). The second kappa shape index (κ2) is 7.71. The molecular formula is C20H19NS. The minimum absolute atomic E-state index is 0.933. The Bertz CT molecular complexity index is 628. The van der Waals surface area contributed by atoms with E-state index in [1.807, 2.05) is 11.8 Å². The quantitative estimate of drug-likeness (QED) is 0.536. The first-order valence-electron chi connectivity index (χ1n) is 7.43. The van der Waals surface area contributed by atoms with Gasteiger partial charge < -0.3 is 4.90 Å². The lowest BCUT2D eigenvalue weighted by Gasteiger charge is -2.24. The highest BCUT2D eigenvalue weighted by atomic mass is 32.2. The third kappa shape index (κ3) is 3.92. The maximum Gasteiger partial charge on any atom is 0.0691 e. The first-order chi connectivity index (χ1) is 10.9. The number of thioether (sulfide) groups is 1. The fraction of sp³-hybridized carbons (Fsp3) is 0.100. The van der Waals surface area contributed by atoms with Crippen LogP contribution in [-0.4, -0.2) is 5.88 Å². The first-order valence-corrected chi connectivity index (χ1v) is 8.58. The van der Waals surface area contributed by atoms with Gasteiger partial charge >= 0.3 is 0 Å².